The van der Waals surface area contributed by atoms with Crippen molar-refractivity contribution in [2.24, 2.45) is 0 Å². The van der Waals surface area contributed by atoms with E-state index in [1.165, 1.54) is 0 Å². The SMILES string of the molecule is OCc1cc(Br)ccc1N1CCn2ccnc2C1. The molecule has 0 radical (unpaired) electrons. The quantitative estimate of drug-likeness (QED) is 0.924. The number of hydrogen-bond acceptors (Lipinski definition) is 3. The van der Waals surface area contributed by atoms with Gasteiger partial charge in [0, 0.05) is 41.2 Å². The predicted octanol–water partition coefficient (Wildman–Crippen LogP) is 2.16. The Morgan fingerprint density at radius 1 is 1.33 bits per heavy atom. The second kappa shape index (κ2) is 4.74. The van der Waals surface area contributed by atoms with Gasteiger partial charge in [-0.15, -0.1) is 0 Å². The van der Waals surface area contributed by atoms with Crippen molar-refractivity contribution in [3.05, 3.63) is 46.5 Å². The molecule has 0 aliphatic carbocycles. The minimum Gasteiger partial charge on any atom is -0.392 e. The van der Waals surface area contributed by atoms with Crippen LogP contribution < -0.4 is 4.90 Å². The molecule has 2 aromatic rings. The summed E-state index contributed by atoms with van der Waals surface area (Å²) in [6.45, 7) is 2.73. The molecule has 0 atom stereocenters. The van der Waals surface area contributed by atoms with Gasteiger partial charge in [0.2, 0.25) is 0 Å². The summed E-state index contributed by atoms with van der Waals surface area (Å²) in [7, 11) is 0. The summed E-state index contributed by atoms with van der Waals surface area (Å²) in [5.41, 5.74) is 2.04. The molecule has 1 aliphatic rings. The van der Waals surface area contributed by atoms with Crippen molar-refractivity contribution in [1.82, 2.24) is 9.55 Å². The molecule has 0 unspecified atom stereocenters. The van der Waals surface area contributed by atoms with Crippen molar-refractivity contribution >= 4 is 21.6 Å². The summed E-state index contributed by atoms with van der Waals surface area (Å²) >= 11 is 3.43. The molecule has 1 N–H and O–H groups in total. The predicted molar refractivity (Wildman–Crippen MR) is 73.3 cm³/mol. The van der Waals surface area contributed by atoms with Crippen LogP contribution in [0.5, 0.6) is 0 Å². The van der Waals surface area contributed by atoms with Crippen molar-refractivity contribution in [3.8, 4) is 0 Å². The second-order valence-corrected chi connectivity index (χ2v) is 5.31. The Morgan fingerprint density at radius 3 is 3.06 bits per heavy atom. The molecule has 1 aromatic carbocycles. The lowest BCUT2D eigenvalue weighted by Gasteiger charge is -2.31. The molecule has 0 spiro atoms. The fourth-order valence-corrected chi connectivity index (χ4v) is 2.78. The van der Waals surface area contributed by atoms with Gasteiger partial charge in [0.1, 0.15) is 5.82 Å². The fourth-order valence-electron chi connectivity index (χ4n) is 2.37. The molecular formula is C13H14BrN3O. The van der Waals surface area contributed by atoms with Crippen LogP contribution in [0.15, 0.2) is 35.1 Å². The number of hydrogen-bond donors (Lipinski definition) is 1. The van der Waals surface area contributed by atoms with E-state index < -0.39 is 0 Å². The number of aliphatic hydroxyl groups excluding tert-OH is 1. The van der Waals surface area contributed by atoms with Crippen molar-refractivity contribution in [2.45, 2.75) is 19.7 Å². The number of aromatic nitrogens is 2. The van der Waals surface area contributed by atoms with Crippen LogP contribution in [0.3, 0.4) is 0 Å². The van der Waals surface area contributed by atoms with Gasteiger partial charge in [0.25, 0.3) is 0 Å². The highest BCUT2D eigenvalue weighted by atomic mass is 79.9. The smallest absolute Gasteiger partial charge is 0.128 e. The van der Waals surface area contributed by atoms with Crippen molar-refractivity contribution in [1.29, 1.82) is 0 Å². The van der Waals surface area contributed by atoms with E-state index >= 15 is 0 Å². The fraction of sp³-hybridized carbons (Fsp3) is 0.308. The molecule has 18 heavy (non-hydrogen) atoms. The van der Waals surface area contributed by atoms with E-state index in [9.17, 15) is 5.11 Å². The third kappa shape index (κ3) is 2.04. The monoisotopic (exact) mass is 307 g/mol. The van der Waals surface area contributed by atoms with E-state index in [1.54, 1.807) is 0 Å². The van der Waals surface area contributed by atoms with Crippen LogP contribution in [-0.2, 0) is 19.7 Å². The Bertz CT molecular complexity index is 567. The Labute approximate surface area is 114 Å². The van der Waals surface area contributed by atoms with Crippen LogP contribution >= 0.6 is 15.9 Å². The Kier molecular flexibility index (Phi) is 3.09. The van der Waals surface area contributed by atoms with E-state index in [2.05, 4.69) is 30.4 Å². The first kappa shape index (κ1) is 11.7. The maximum Gasteiger partial charge on any atom is 0.128 e. The molecule has 0 saturated carbocycles. The van der Waals surface area contributed by atoms with Crippen LogP contribution in [0, 0.1) is 0 Å². The van der Waals surface area contributed by atoms with Crippen molar-refractivity contribution in [2.75, 3.05) is 11.4 Å². The molecular weight excluding hydrogens is 294 g/mol. The largest absolute Gasteiger partial charge is 0.392 e. The summed E-state index contributed by atoms with van der Waals surface area (Å²) in [6, 6.07) is 6.03. The molecule has 1 aromatic heterocycles. The lowest BCUT2D eigenvalue weighted by atomic mass is 10.1. The van der Waals surface area contributed by atoms with Crippen LogP contribution in [0.25, 0.3) is 0 Å². The Balaban J connectivity index is 1.93. The summed E-state index contributed by atoms with van der Waals surface area (Å²) in [4.78, 5) is 6.62. The van der Waals surface area contributed by atoms with Gasteiger partial charge in [-0.3, -0.25) is 0 Å². The van der Waals surface area contributed by atoms with E-state index in [-0.39, 0.29) is 6.61 Å². The molecule has 5 heteroatoms. The highest BCUT2D eigenvalue weighted by molar-refractivity contribution is 9.10. The number of nitrogens with zero attached hydrogens (tertiary/aromatic N) is 3. The minimum atomic E-state index is 0.0553. The molecule has 0 fully saturated rings. The van der Waals surface area contributed by atoms with Crippen LogP contribution in [0.1, 0.15) is 11.4 Å². The molecule has 0 saturated heterocycles. The third-order valence-electron chi connectivity index (χ3n) is 3.30. The van der Waals surface area contributed by atoms with Crippen LogP contribution in [0.4, 0.5) is 5.69 Å². The lowest BCUT2D eigenvalue weighted by molar-refractivity contribution is 0.281. The molecule has 0 amide bonds. The first-order valence-corrected chi connectivity index (χ1v) is 6.71. The number of anilines is 1. The molecule has 4 nitrogen and oxygen atoms in total. The highest BCUT2D eigenvalue weighted by Crippen LogP contribution is 2.27. The number of aliphatic hydroxyl groups is 1. The Morgan fingerprint density at radius 2 is 2.22 bits per heavy atom. The van der Waals surface area contributed by atoms with Crippen LogP contribution in [-0.4, -0.2) is 21.2 Å². The first-order valence-electron chi connectivity index (χ1n) is 5.92. The highest BCUT2D eigenvalue weighted by Gasteiger charge is 2.18. The van der Waals surface area contributed by atoms with Crippen molar-refractivity contribution < 1.29 is 5.11 Å². The molecule has 0 bridgehead atoms. The zero-order chi connectivity index (χ0) is 12.5. The maximum absolute atomic E-state index is 9.46. The van der Waals surface area contributed by atoms with Gasteiger partial charge in [0.15, 0.2) is 0 Å². The van der Waals surface area contributed by atoms with Gasteiger partial charge in [-0.05, 0) is 18.2 Å². The number of imidazole rings is 1. The number of rotatable bonds is 2. The van der Waals surface area contributed by atoms with E-state index in [4.69, 9.17) is 0 Å². The lowest BCUT2D eigenvalue weighted by Crippen LogP contribution is -2.34. The third-order valence-corrected chi connectivity index (χ3v) is 3.79. The standard InChI is InChI=1S/C13H14BrN3O/c14-11-1-2-12(10(7-11)9-18)17-6-5-16-4-3-15-13(16)8-17/h1-4,7,18H,5-6,8-9H2. The second-order valence-electron chi connectivity index (χ2n) is 4.39. The van der Waals surface area contributed by atoms with Gasteiger partial charge in [0.05, 0.1) is 13.2 Å². The molecule has 1 aliphatic heterocycles. The number of fused-ring (bicyclic) bond motifs is 1. The van der Waals surface area contributed by atoms with Gasteiger partial charge >= 0.3 is 0 Å². The Hall–Kier alpha value is -1.33. The zero-order valence-corrected chi connectivity index (χ0v) is 11.5. The summed E-state index contributed by atoms with van der Waals surface area (Å²) < 4.78 is 3.17. The summed E-state index contributed by atoms with van der Waals surface area (Å²) in [5.74, 6) is 1.08. The van der Waals surface area contributed by atoms with E-state index in [1.807, 2.05) is 30.6 Å². The number of halogens is 1. The average Bonchev–Trinajstić information content (AvgIpc) is 2.85. The molecule has 2 heterocycles. The normalized spacial score (nSPS) is 14.7. The van der Waals surface area contributed by atoms with Gasteiger partial charge in [-0.2, -0.15) is 0 Å². The first-order chi connectivity index (χ1) is 8.78. The van der Waals surface area contributed by atoms with E-state index in [0.29, 0.717) is 0 Å². The maximum atomic E-state index is 9.46. The van der Waals surface area contributed by atoms with Crippen molar-refractivity contribution in [3.63, 3.8) is 0 Å². The summed E-state index contributed by atoms with van der Waals surface area (Å²) in [5, 5.41) is 9.46. The van der Waals surface area contributed by atoms with E-state index in [0.717, 1.165) is 41.2 Å². The number of benzene rings is 1. The van der Waals surface area contributed by atoms with Crippen LogP contribution in [0.2, 0.25) is 0 Å². The topological polar surface area (TPSA) is 41.3 Å². The van der Waals surface area contributed by atoms with Gasteiger partial charge in [-0.25, -0.2) is 4.98 Å². The minimum absolute atomic E-state index is 0.0553. The zero-order valence-electron chi connectivity index (χ0n) is 9.88. The molecule has 94 valence electrons. The molecule has 3 rings (SSSR count). The average molecular weight is 308 g/mol. The summed E-state index contributed by atoms with van der Waals surface area (Å²) in [6.07, 6.45) is 3.86. The van der Waals surface area contributed by atoms with Gasteiger partial charge in [-0.1, -0.05) is 15.9 Å². The van der Waals surface area contributed by atoms with Gasteiger partial charge < -0.3 is 14.6 Å².